The zero-order chi connectivity index (χ0) is 48.8. The first-order chi connectivity index (χ1) is 32.8. The van der Waals surface area contributed by atoms with Crippen LogP contribution in [-0.2, 0) is 4.79 Å². The molecule has 7 aromatic rings. The number of allylic oxidation sites excluding steroid dienone is 4. The third kappa shape index (κ3) is 16.3. The van der Waals surface area contributed by atoms with Crippen molar-refractivity contribution in [3.05, 3.63) is 203 Å². The van der Waals surface area contributed by atoms with Crippen LogP contribution < -0.4 is 0 Å². The highest BCUT2D eigenvalue weighted by molar-refractivity contribution is 6.04. The van der Waals surface area contributed by atoms with Gasteiger partial charge in [-0.05, 0) is 93.9 Å². The minimum absolute atomic E-state index is 0.0186. The molecule has 0 N–H and O–H groups in total. The van der Waals surface area contributed by atoms with E-state index in [9.17, 15) is 38.4 Å². The predicted molar refractivity (Wildman–Crippen MR) is 247 cm³/mol. The topological polar surface area (TPSA) is 215 Å². The number of rotatable bonds is 20. The van der Waals surface area contributed by atoms with E-state index in [1.54, 1.807) is 92.7 Å². The summed E-state index contributed by atoms with van der Waals surface area (Å²) in [6, 6.07) is 25.4. The van der Waals surface area contributed by atoms with Crippen molar-refractivity contribution in [2.75, 3.05) is 0 Å². The van der Waals surface area contributed by atoms with Crippen LogP contribution in [0.1, 0.15) is 148 Å². The highest BCUT2D eigenvalue weighted by atomic mass is 16.4. The molecule has 0 spiro atoms. The van der Waals surface area contributed by atoms with Gasteiger partial charge in [-0.15, -0.1) is 0 Å². The van der Waals surface area contributed by atoms with Gasteiger partial charge in [0, 0.05) is 62.5 Å². The lowest BCUT2D eigenvalue weighted by Gasteiger charge is -2.00. The van der Waals surface area contributed by atoms with Gasteiger partial charge in [0.15, 0.2) is 75.1 Å². The minimum Gasteiger partial charge on any atom is -0.472 e. The van der Waals surface area contributed by atoms with E-state index in [1.807, 2.05) is 37.3 Å². The number of hydrogen-bond donors (Lipinski definition) is 0. The van der Waals surface area contributed by atoms with Crippen molar-refractivity contribution >= 4 is 46.3 Å². The van der Waals surface area contributed by atoms with Gasteiger partial charge in [-0.1, -0.05) is 48.1 Å². The monoisotopic (exact) mass is 922 g/mol. The molecule has 6 aromatic heterocycles. The van der Waals surface area contributed by atoms with Crippen molar-refractivity contribution in [1.29, 1.82) is 0 Å². The van der Waals surface area contributed by atoms with Gasteiger partial charge in [0.05, 0.1) is 30.6 Å². The molecule has 0 fully saturated rings. The van der Waals surface area contributed by atoms with Gasteiger partial charge in [0.1, 0.15) is 17.8 Å². The number of carbonyl (C=O) groups is 8. The number of carbonyl (C=O) groups excluding carboxylic acids is 8. The molecule has 0 saturated heterocycles. The van der Waals surface area contributed by atoms with Crippen LogP contribution in [-0.4, -0.2) is 46.3 Å². The van der Waals surface area contributed by atoms with Crippen LogP contribution in [0, 0.1) is 20.8 Å². The summed E-state index contributed by atoms with van der Waals surface area (Å²) in [5.74, 6) is 2.00. The van der Waals surface area contributed by atoms with Crippen LogP contribution in [0.2, 0.25) is 0 Å². The second-order valence-corrected chi connectivity index (χ2v) is 15.3. The van der Waals surface area contributed by atoms with E-state index in [-0.39, 0.29) is 109 Å². The van der Waals surface area contributed by atoms with Crippen molar-refractivity contribution < 1.29 is 64.9 Å². The van der Waals surface area contributed by atoms with Crippen LogP contribution in [0.5, 0.6) is 0 Å². The Hall–Kier alpha value is -8.26. The maximum Gasteiger partial charge on any atom is 0.198 e. The molecule has 0 atom stereocenters. The van der Waals surface area contributed by atoms with E-state index >= 15 is 0 Å². The lowest BCUT2D eigenvalue weighted by atomic mass is 10.0. The SMILES string of the molecule is Cc1ccc(C(=O)CCC(=O)c2ccc(C)o2)o1.Cc1ccc(C(=O)CCC(=O)c2ccco2)cc1.O=C(CCC(=O)c1ccco1)c1ccco1.O=C(CCC(=O)c1ccoc1)C1=CCC=C1. The molecule has 350 valence electrons. The highest BCUT2D eigenvalue weighted by Gasteiger charge is 2.18. The molecular weight excluding hydrogens is 873 g/mol. The smallest absolute Gasteiger partial charge is 0.198 e. The van der Waals surface area contributed by atoms with Gasteiger partial charge in [0.25, 0.3) is 0 Å². The summed E-state index contributed by atoms with van der Waals surface area (Å²) in [7, 11) is 0. The largest absolute Gasteiger partial charge is 0.472 e. The van der Waals surface area contributed by atoms with Gasteiger partial charge in [-0.3, -0.25) is 38.4 Å². The molecule has 0 radical (unpaired) electrons. The average Bonchev–Trinajstić information content (AvgIpc) is 4.20. The number of benzene rings is 1. The van der Waals surface area contributed by atoms with Crippen molar-refractivity contribution in [1.82, 2.24) is 0 Å². The van der Waals surface area contributed by atoms with E-state index in [2.05, 4.69) is 0 Å². The van der Waals surface area contributed by atoms with E-state index in [0.29, 0.717) is 39.9 Å². The maximum absolute atomic E-state index is 11.8. The standard InChI is InChI=1S/C15H14O3.C14H14O4.C13H12O3.C12H10O4/c1-11-4-6-12(7-5-11)13(16)8-9-14(17)15-3-2-10-18-15;1-9-3-7-13(17-9)11(15)5-6-12(16)14-8-4-10(2)18-14;14-12(10-3-1-2-4-10)5-6-13(15)11-7-8-16-9-11;13-9(11-3-1-7-15-11)5-6-10(14)12-4-2-8-16-12/h2-7,10H,8-9H2,1H3;3-4,7-8H,5-6H2,1-2H3;1,3-4,7-9H,2,5-6H2;1-4,7-8H,5-6H2. The second-order valence-electron chi connectivity index (χ2n) is 15.3. The van der Waals surface area contributed by atoms with E-state index < -0.39 is 0 Å². The Morgan fingerprint density at radius 1 is 0.412 bits per heavy atom. The number of ketones is 8. The van der Waals surface area contributed by atoms with Gasteiger partial charge < -0.3 is 26.5 Å². The molecule has 0 unspecified atom stereocenters. The van der Waals surface area contributed by atoms with Crippen molar-refractivity contribution in [2.24, 2.45) is 0 Å². The molecule has 1 aliphatic carbocycles. The number of hydrogen-bond acceptors (Lipinski definition) is 14. The Kier molecular flexibility index (Phi) is 19.4. The quantitative estimate of drug-likeness (QED) is 0.0650. The van der Waals surface area contributed by atoms with Gasteiger partial charge in [0.2, 0.25) is 0 Å². The Labute approximate surface area is 391 Å². The van der Waals surface area contributed by atoms with Crippen LogP contribution in [0.3, 0.4) is 0 Å². The van der Waals surface area contributed by atoms with E-state index in [0.717, 1.165) is 17.6 Å². The lowest BCUT2D eigenvalue weighted by molar-refractivity contribution is -0.115. The average molecular weight is 923 g/mol. The molecule has 14 nitrogen and oxygen atoms in total. The van der Waals surface area contributed by atoms with Crippen molar-refractivity contribution in [3.63, 3.8) is 0 Å². The van der Waals surface area contributed by atoms with Gasteiger partial charge in [-0.25, -0.2) is 0 Å². The summed E-state index contributed by atoms with van der Waals surface area (Å²) in [5, 5.41) is 0. The summed E-state index contributed by atoms with van der Waals surface area (Å²) < 4.78 is 30.1. The van der Waals surface area contributed by atoms with E-state index in [1.165, 1.54) is 31.3 Å². The molecule has 6 heterocycles. The number of furan rings is 6. The minimum atomic E-state index is -0.176. The first-order valence-corrected chi connectivity index (χ1v) is 21.7. The molecular formula is C54H50O14. The van der Waals surface area contributed by atoms with Crippen LogP contribution in [0.25, 0.3) is 0 Å². The first kappa shape index (κ1) is 50.7. The molecule has 0 saturated carbocycles. The summed E-state index contributed by atoms with van der Waals surface area (Å²) in [6.07, 6.45) is 15.0. The summed E-state index contributed by atoms with van der Waals surface area (Å²) in [6.45, 7) is 5.51. The fraction of sp³-hybridized carbons (Fsp3) is 0.222. The fourth-order valence-corrected chi connectivity index (χ4v) is 6.27. The Morgan fingerprint density at radius 3 is 1.18 bits per heavy atom. The van der Waals surface area contributed by atoms with Crippen LogP contribution in [0.4, 0.5) is 0 Å². The first-order valence-electron chi connectivity index (χ1n) is 21.7. The zero-order valence-corrected chi connectivity index (χ0v) is 37.9. The molecule has 0 amide bonds. The van der Waals surface area contributed by atoms with Crippen molar-refractivity contribution in [2.45, 2.75) is 78.6 Å². The summed E-state index contributed by atoms with van der Waals surface area (Å²) in [4.78, 5) is 93.1. The molecule has 8 rings (SSSR count). The lowest BCUT2D eigenvalue weighted by Crippen LogP contribution is -2.04. The molecule has 1 aromatic carbocycles. The third-order valence-electron chi connectivity index (χ3n) is 10.0. The highest BCUT2D eigenvalue weighted by Crippen LogP contribution is 2.17. The molecule has 1 aliphatic rings. The zero-order valence-electron chi connectivity index (χ0n) is 37.9. The van der Waals surface area contributed by atoms with Gasteiger partial charge in [-0.2, -0.15) is 0 Å². The number of aryl methyl sites for hydroxylation is 3. The molecule has 14 heteroatoms. The normalized spacial score (nSPS) is 11.2. The van der Waals surface area contributed by atoms with Crippen LogP contribution >= 0.6 is 0 Å². The number of Topliss-reactive ketones (excluding diaryl/α,β-unsaturated/α-hetero) is 8. The Morgan fingerprint density at radius 2 is 0.824 bits per heavy atom. The third-order valence-corrected chi connectivity index (χ3v) is 10.0. The second kappa shape index (κ2) is 26.0. The predicted octanol–water partition coefficient (Wildman–Crippen LogP) is 12.2. The fourth-order valence-electron chi connectivity index (χ4n) is 6.27. The Balaban J connectivity index is 0.000000170. The Bertz CT molecular complexity index is 2700. The molecule has 0 aliphatic heterocycles. The summed E-state index contributed by atoms with van der Waals surface area (Å²) >= 11 is 0. The molecule has 0 bridgehead atoms. The van der Waals surface area contributed by atoms with Crippen LogP contribution in [0.15, 0.2) is 173 Å². The molecule has 68 heavy (non-hydrogen) atoms. The van der Waals surface area contributed by atoms with Crippen molar-refractivity contribution in [3.8, 4) is 0 Å². The summed E-state index contributed by atoms with van der Waals surface area (Å²) in [5.41, 5.74) is 3.01. The van der Waals surface area contributed by atoms with E-state index in [4.69, 9.17) is 26.5 Å². The maximum atomic E-state index is 11.8. The van der Waals surface area contributed by atoms with Gasteiger partial charge >= 0.3 is 0 Å².